The molecule has 0 radical (unpaired) electrons. The average molecular weight is 161 g/mol. The quantitative estimate of drug-likeness (QED) is 0.493. The fourth-order valence-corrected chi connectivity index (χ4v) is 1.54. The van der Waals surface area contributed by atoms with Gasteiger partial charge in [-0.15, -0.1) is 0 Å². The van der Waals surface area contributed by atoms with Crippen molar-refractivity contribution in [3.05, 3.63) is 36.6 Å². The molecule has 2 unspecified atom stereocenters. The van der Waals surface area contributed by atoms with Crippen LogP contribution in [0, 0.1) is 5.92 Å². The van der Waals surface area contributed by atoms with Gasteiger partial charge in [-0.1, -0.05) is 24.3 Å². The van der Waals surface area contributed by atoms with E-state index in [2.05, 4.69) is 18.2 Å². The number of fused-ring (bicyclic) bond motifs is 1. The third-order valence-electron chi connectivity index (χ3n) is 2.30. The Kier molecular flexibility index (Phi) is 1.61. The molecule has 0 saturated heterocycles. The van der Waals surface area contributed by atoms with Gasteiger partial charge in [0.1, 0.15) is 0 Å². The van der Waals surface area contributed by atoms with Crippen molar-refractivity contribution < 1.29 is 4.79 Å². The lowest BCUT2D eigenvalue weighted by atomic mass is 9.88. The molecule has 0 bridgehead atoms. The Labute approximate surface area is 71.9 Å². The number of carbonyl (C=O) groups is 1. The highest BCUT2D eigenvalue weighted by atomic mass is 16.2. The maximum atomic E-state index is 11.2. The molecule has 1 aliphatic carbocycles. The molecule has 0 aromatic rings. The highest BCUT2D eigenvalue weighted by Gasteiger charge is 2.29. The van der Waals surface area contributed by atoms with Gasteiger partial charge in [-0.25, -0.2) is 0 Å². The second kappa shape index (κ2) is 2.63. The number of rotatable bonds is 0. The highest BCUT2D eigenvalue weighted by molar-refractivity contribution is 5.75. The van der Waals surface area contributed by atoms with E-state index in [-0.39, 0.29) is 11.9 Å². The van der Waals surface area contributed by atoms with Crippen molar-refractivity contribution in [2.75, 3.05) is 0 Å². The molecule has 2 nitrogen and oxygen atoms in total. The lowest BCUT2D eigenvalue weighted by Gasteiger charge is -2.34. The Balaban J connectivity index is 2.25. The topological polar surface area (TPSA) is 20.3 Å². The number of nitrogens with zero attached hydrogens (tertiary/aromatic N) is 1. The Bertz CT molecular complexity index is 288. The van der Waals surface area contributed by atoms with Gasteiger partial charge in [0, 0.05) is 19.0 Å². The molecular formula is C10H11NO. The van der Waals surface area contributed by atoms with E-state index in [1.165, 1.54) is 0 Å². The molecule has 62 valence electrons. The summed E-state index contributed by atoms with van der Waals surface area (Å²) in [6, 6.07) is 0.262. The molecule has 0 aromatic carbocycles. The number of hydrogen-bond donors (Lipinski definition) is 0. The van der Waals surface area contributed by atoms with Crippen molar-refractivity contribution in [3.63, 3.8) is 0 Å². The number of amides is 1. The SMILES string of the molecule is CC(=O)N1C=CC=CC2C=CC21. The summed E-state index contributed by atoms with van der Waals surface area (Å²) in [4.78, 5) is 12.9. The summed E-state index contributed by atoms with van der Waals surface area (Å²) in [5, 5.41) is 0. The summed E-state index contributed by atoms with van der Waals surface area (Å²) >= 11 is 0. The molecular weight excluding hydrogens is 150 g/mol. The first-order valence-corrected chi connectivity index (χ1v) is 4.11. The van der Waals surface area contributed by atoms with E-state index < -0.39 is 0 Å². The Morgan fingerprint density at radius 2 is 2.08 bits per heavy atom. The lowest BCUT2D eigenvalue weighted by Crippen LogP contribution is -2.41. The van der Waals surface area contributed by atoms with E-state index in [4.69, 9.17) is 0 Å². The molecule has 0 fully saturated rings. The summed E-state index contributed by atoms with van der Waals surface area (Å²) in [7, 11) is 0. The zero-order valence-corrected chi connectivity index (χ0v) is 6.97. The highest BCUT2D eigenvalue weighted by Crippen LogP contribution is 2.27. The number of hydrogen-bond acceptors (Lipinski definition) is 1. The molecule has 0 saturated carbocycles. The van der Waals surface area contributed by atoms with E-state index in [1.54, 1.807) is 11.8 Å². The van der Waals surface area contributed by atoms with Crippen molar-refractivity contribution >= 4 is 5.91 Å². The first-order valence-electron chi connectivity index (χ1n) is 4.11. The molecule has 2 rings (SSSR count). The molecule has 0 aromatic heterocycles. The molecule has 2 aliphatic rings. The van der Waals surface area contributed by atoms with Gasteiger partial charge in [0.2, 0.25) is 5.91 Å². The van der Waals surface area contributed by atoms with E-state index in [9.17, 15) is 4.79 Å². The maximum Gasteiger partial charge on any atom is 0.223 e. The van der Waals surface area contributed by atoms with Gasteiger partial charge in [0.15, 0.2) is 0 Å². The smallest absolute Gasteiger partial charge is 0.223 e. The van der Waals surface area contributed by atoms with Crippen LogP contribution in [-0.4, -0.2) is 16.8 Å². The lowest BCUT2D eigenvalue weighted by molar-refractivity contribution is -0.128. The fourth-order valence-electron chi connectivity index (χ4n) is 1.54. The summed E-state index contributed by atoms with van der Waals surface area (Å²) in [6.45, 7) is 1.60. The Morgan fingerprint density at radius 1 is 1.25 bits per heavy atom. The zero-order chi connectivity index (χ0) is 8.55. The van der Waals surface area contributed by atoms with Crippen molar-refractivity contribution in [2.24, 2.45) is 5.92 Å². The monoisotopic (exact) mass is 161 g/mol. The first kappa shape index (κ1) is 7.35. The first-order chi connectivity index (χ1) is 5.79. The van der Waals surface area contributed by atoms with Crippen LogP contribution in [0.5, 0.6) is 0 Å². The van der Waals surface area contributed by atoms with Gasteiger partial charge in [-0.05, 0) is 6.08 Å². The van der Waals surface area contributed by atoms with Crippen LogP contribution in [0.25, 0.3) is 0 Å². The molecule has 1 heterocycles. The van der Waals surface area contributed by atoms with Crippen LogP contribution in [0.1, 0.15) is 6.92 Å². The van der Waals surface area contributed by atoms with E-state index in [0.717, 1.165) is 0 Å². The van der Waals surface area contributed by atoms with Crippen molar-refractivity contribution in [3.8, 4) is 0 Å². The summed E-state index contributed by atoms with van der Waals surface area (Å²) in [5.41, 5.74) is 0. The normalized spacial score (nSPS) is 30.9. The minimum atomic E-state index is 0.106. The third-order valence-corrected chi connectivity index (χ3v) is 2.30. The van der Waals surface area contributed by atoms with Crippen LogP contribution in [0.15, 0.2) is 36.6 Å². The van der Waals surface area contributed by atoms with Gasteiger partial charge >= 0.3 is 0 Å². The van der Waals surface area contributed by atoms with Crippen molar-refractivity contribution in [1.82, 2.24) is 4.90 Å². The third kappa shape index (κ3) is 0.998. The van der Waals surface area contributed by atoms with Gasteiger partial charge in [0.25, 0.3) is 0 Å². The molecule has 0 N–H and O–H groups in total. The predicted octanol–water partition coefficient (Wildman–Crippen LogP) is 1.47. The molecule has 2 atom stereocenters. The second-order valence-corrected chi connectivity index (χ2v) is 3.11. The molecule has 2 heteroatoms. The molecule has 1 aliphatic heterocycles. The molecule has 12 heavy (non-hydrogen) atoms. The van der Waals surface area contributed by atoms with Gasteiger partial charge in [0.05, 0.1) is 6.04 Å². The largest absolute Gasteiger partial charge is 0.312 e. The summed E-state index contributed by atoms with van der Waals surface area (Å²) < 4.78 is 0. The van der Waals surface area contributed by atoms with Crippen LogP contribution in [0.4, 0.5) is 0 Å². The maximum absolute atomic E-state index is 11.2. The minimum absolute atomic E-state index is 0.106. The van der Waals surface area contributed by atoms with Crippen LogP contribution in [0.2, 0.25) is 0 Å². The zero-order valence-electron chi connectivity index (χ0n) is 6.97. The van der Waals surface area contributed by atoms with Gasteiger partial charge in [-0.2, -0.15) is 0 Å². The predicted molar refractivity (Wildman–Crippen MR) is 47.2 cm³/mol. The van der Waals surface area contributed by atoms with E-state index in [1.807, 2.05) is 18.4 Å². The average Bonchev–Trinajstić information content (AvgIpc) is 2.10. The van der Waals surface area contributed by atoms with Crippen LogP contribution in [-0.2, 0) is 4.79 Å². The fraction of sp³-hybridized carbons (Fsp3) is 0.300. The van der Waals surface area contributed by atoms with Crippen LogP contribution >= 0.6 is 0 Å². The Hall–Kier alpha value is -1.31. The number of carbonyl (C=O) groups excluding carboxylic acids is 1. The number of allylic oxidation sites excluding steroid dienone is 2. The minimum Gasteiger partial charge on any atom is -0.312 e. The van der Waals surface area contributed by atoms with E-state index in [0.29, 0.717) is 5.92 Å². The van der Waals surface area contributed by atoms with Crippen LogP contribution < -0.4 is 0 Å². The van der Waals surface area contributed by atoms with Crippen molar-refractivity contribution in [2.45, 2.75) is 13.0 Å². The van der Waals surface area contributed by atoms with Gasteiger partial charge in [-0.3, -0.25) is 4.79 Å². The van der Waals surface area contributed by atoms with Gasteiger partial charge < -0.3 is 4.90 Å². The summed E-state index contributed by atoms with van der Waals surface area (Å²) in [5.74, 6) is 0.526. The standard InChI is InChI=1S/C10H11NO/c1-8(12)11-7-3-2-4-9-5-6-10(9)11/h2-7,9-10H,1H3. The Morgan fingerprint density at radius 3 is 2.67 bits per heavy atom. The molecule has 0 spiro atoms. The molecule has 1 amide bonds. The van der Waals surface area contributed by atoms with Crippen LogP contribution in [0.3, 0.4) is 0 Å². The summed E-state index contributed by atoms with van der Waals surface area (Å²) in [6.07, 6.45) is 12.0. The van der Waals surface area contributed by atoms with Crippen molar-refractivity contribution in [1.29, 1.82) is 0 Å². The van der Waals surface area contributed by atoms with E-state index >= 15 is 0 Å². The second-order valence-electron chi connectivity index (χ2n) is 3.11.